The maximum Gasteiger partial charge on any atom is 0.629 e. The molecular weight excluding hydrogens is 761 g/mol. The molecule has 0 aliphatic carbocycles. The van der Waals surface area contributed by atoms with Crippen molar-refractivity contribution in [1.29, 1.82) is 0 Å². The van der Waals surface area contributed by atoms with E-state index in [1.807, 2.05) is 115 Å². The number of nitrogens with zero attached hydrogens (tertiary/aromatic N) is 5. The van der Waals surface area contributed by atoms with Gasteiger partial charge in [-0.05, 0) is 76.9 Å². The number of aromatic nitrogens is 3. The summed E-state index contributed by atoms with van der Waals surface area (Å²) in [6, 6.07) is 42.1. The van der Waals surface area contributed by atoms with Crippen molar-refractivity contribution >= 4 is 41.1 Å². The van der Waals surface area contributed by atoms with E-state index in [1.165, 1.54) is 0 Å². The Hall–Kier alpha value is -8.36. The summed E-state index contributed by atoms with van der Waals surface area (Å²) in [6.07, 6.45) is 5.19. The van der Waals surface area contributed by atoms with Gasteiger partial charge in [-0.25, -0.2) is 4.98 Å². The topological polar surface area (TPSA) is 46.6 Å². The van der Waals surface area contributed by atoms with Crippen LogP contribution in [0.2, 0.25) is 0 Å². The largest absolute Gasteiger partial charge is 0.629 e. The Balaban J connectivity index is 0.998. The fourth-order valence-electron chi connectivity index (χ4n) is 8.42. The first-order valence-corrected chi connectivity index (χ1v) is 19.9. The van der Waals surface area contributed by atoms with Crippen molar-refractivity contribution in [3.8, 4) is 62.0 Å². The lowest BCUT2D eigenvalue weighted by Crippen LogP contribution is -2.48. The number of benzene rings is 8. The Bertz CT molecular complexity index is 3750. The predicted octanol–water partition coefficient (Wildman–Crippen LogP) is 12.6. The number of anilines is 4. The molecule has 10 aromatic rings. The molecule has 8 aromatic carbocycles. The van der Waals surface area contributed by atoms with Crippen molar-refractivity contribution in [2.75, 3.05) is 9.62 Å². The van der Waals surface area contributed by atoms with Crippen molar-refractivity contribution in [2.24, 2.45) is 0 Å². The van der Waals surface area contributed by atoms with Gasteiger partial charge >= 0.3 is 7.19 Å². The quantitative estimate of drug-likeness (QED) is 0.0912. The van der Waals surface area contributed by atoms with Crippen molar-refractivity contribution in [3.63, 3.8) is 0 Å². The molecule has 0 saturated carbocycles. The molecule has 12 rings (SSSR count). The molecule has 0 fully saturated rings. The number of pyridine rings is 1. The molecule has 0 unspecified atom stereocenters. The molecule has 0 radical (unpaired) electrons. The average Bonchev–Trinajstić information content (AvgIpc) is 3.90. The summed E-state index contributed by atoms with van der Waals surface area (Å²) < 4.78 is 104. The zero-order valence-corrected chi connectivity index (χ0v) is 32.6. The molecule has 2 aliphatic rings. The lowest BCUT2D eigenvalue weighted by Gasteiger charge is -2.26. The summed E-state index contributed by atoms with van der Waals surface area (Å²) in [5.41, 5.74) is 6.67. The summed E-state index contributed by atoms with van der Waals surface area (Å²) in [7, 11) is -0.630. The van der Waals surface area contributed by atoms with E-state index in [4.69, 9.17) is 28.1 Å². The molecule has 2 aromatic heterocycles. The molecule has 292 valence electrons. The Labute approximate surface area is 373 Å². The first-order chi connectivity index (χ1) is 34.9. The highest BCUT2D eigenvalue weighted by Gasteiger charge is 2.49. The van der Waals surface area contributed by atoms with Gasteiger partial charge < -0.3 is 19.0 Å². The second-order valence-corrected chi connectivity index (χ2v) is 14.6. The minimum Gasteiger partial charge on any atom is -0.522 e. The summed E-state index contributed by atoms with van der Waals surface area (Å²) in [6.45, 7) is 0. The Morgan fingerprint density at radius 2 is 1.24 bits per heavy atom. The van der Waals surface area contributed by atoms with Gasteiger partial charge in [-0.15, -0.1) is 0 Å². The molecule has 62 heavy (non-hydrogen) atoms. The fraction of sp³-hybridized carbons (Fsp3) is 0. The number of ether oxygens (including phenoxy) is 1. The zero-order chi connectivity index (χ0) is 49.7. The van der Waals surface area contributed by atoms with Crippen LogP contribution in [-0.2, 0) is 0 Å². The van der Waals surface area contributed by atoms with Gasteiger partial charge in [0.1, 0.15) is 23.1 Å². The molecule has 2 aliphatic heterocycles. The number of rotatable bonds is 7. The summed E-state index contributed by atoms with van der Waals surface area (Å²) in [5.74, 6) is 2.42. The maximum absolute atomic E-state index is 9.02. The van der Waals surface area contributed by atoms with Gasteiger partial charge in [-0.1, -0.05) is 151 Å². The van der Waals surface area contributed by atoms with E-state index >= 15 is 0 Å². The normalized spacial score (nSPS) is 14.8. The van der Waals surface area contributed by atoms with Crippen LogP contribution in [-0.4, -0.2) is 16.7 Å². The molecule has 8 heteroatoms. The van der Waals surface area contributed by atoms with Crippen LogP contribution >= 0.6 is 0 Å². The second kappa shape index (κ2) is 14.7. The number of fused-ring (bicyclic) bond motifs is 8. The average molecular weight is 808 g/mol. The minimum absolute atomic E-state index is 0.138. The van der Waals surface area contributed by atoms with E-state index in [1.54, 1.807) is 33.5 Å². The van der Waals surface area contributed by atoms with Crippen LogP contribution in [0.3, 0.4) is 0 Å². The highest BCUT2D eigenvalue weighted by molar-refractivity contribution is 6.68. The molecule has 0 amide bonds. The number of imidazole rings is 1. The highest BCUT2D eigenvalue weighted by atomic mass is 16.5. The van der Waals surface area contributed by atoms with Crippen molar-refractivity contribution in [2.45, 2.75) is 0 Å². The summed E-state index contributed by atoms with van der Waals surface area (Å²) in [5, 5.41) is 0. The second-order valence-electron chi connectivity index (χ2n) is 14.6. The SMILES string of the molecule is [2H]c1c([2H])c([2H])c(-c2cccc(-c3c([2H])c([2H])c([2H])c([2H])c3[2H])c2-[n+]2[c-]n(-c3cccc(Oc4ccc5c(c4)N(c4ccccn4)B4Oc6ccccc6-c6ccccc6N45)c3)c3ccccc32)c([2H])c1[2H]. The van der Waals surface area contributed by atoms with Crippen LogP contribution in [0.25, 0.3) is 55.8 Å². The zero-order valence-electron chi connectivity index (χ0n) is 42.6. The van der Waals surface area contributed by atoms with E-state index in [-0.39, 0.29) is 27.9 Å². The molecular formula is C54H36BN5O2. The molecule has 0 saturated heterocycles. The fourth-order valence-corrected chi connectivity index (χ4v) is 8.42. The first-order valence-electron chi connectivity index (χ1n) is 24.9. The van der Waals surface area contributed by atoms with E-state index in [0.717, 1.165) is 33.9 Å². The van der Waals surface area contributed by atoms with Gasteiger partial charge in [0, 0.05) is 29.1 Å². The van der Waals surface area contributed by atoms with Crippen LogP contribution < -0.4 is 23.6 Å². The van der Waals surface area contributed by atoms with Gasteiger partial charge in [0.15, 0.2) is 0 Å². The first kappa shape index (κ1) is 26.7. The third-order valence-corrected chi connectivity index (χ3v) is 11.1. The van der Waals surface area contributed by atoms with Gasteiger partial charge in [0.2, 0.25) is 0 Å². The third-order valence-electron chi connectivity index (χ3n) is 11.1. The van der Waals surface area contributed by atoms with Crippen LogP contribution in [0.5, 0.6) is 17.2 Å². The summed E-state index contributed by atoms with van der Waals surface area (Å²) >= 11 is 0. The van der Waals surface area contributed by atoms with Crippen molar-refractivity contribution < 1.29 is 27.7 Å². The lowest BCUT2D eigenvalue weighted by molar-refractivity contribution is -0.571. The van der Waals surface area contributed by atoms with Crippen LogP contribution in [0, 0.1) is 6.33 Å². The Morgan fingerprint density at radius 1 is 0.565 bits per heavy atom. The minimum atomic E-state index is -0.630. The molecule has 4 heterocycles. The van der Waals surface area contributed by atoms with Crippen LogP contribution in [0.4, 0.5) is 22.9 Å². The third kappa shape index (κ3) is 5.92. The van der Waals surface area contributed by atoms with E-state index < -0.39 is 67.6 Å². The van der Waals surface area contributed by atoms with Gasteiger partial charge in [0.05, 0.1) is 47.5 Å². The number of hydrogen-bond donors (Lipinski definition) is 0. The Morgan fingerprint density at radius 3 is 2.03 bits per heavy atom. The van der Waals surface area contributed by atoms with Gasteiger partial charge in [0.25, 0.3) is 6.33 Å². The molecule has 7 nitrogen and oxygen atoms in total. The monoisotopic (exact) mass is 807 g/mol. The van der Waals surface area contributed by atoms with E-state index in [9.17, 15) is 0 Å². The predicted molar refractivity (Wildman–Crippen MR) is 248 cm³/mol. The number of para-hydroxylation sites is 5. The van der Waals surface area contributed by atoms with Crippen LogP contribution in [0.1, 0.15) is 13.7 Å². The standard InChI is InChI=1S/C54H36BN5O2/c1-3-17-38(18-4-1)43-25-16-26-44(39-19-5-2-6-20-39)54(43)58-37-57(48-28-10-11-29-49(48)58)40-21-15-22-41(35-40)61-42-32-33-50-51(36-42)60(53-31-13-14-34-56-53)55-59(50)47-27-9-7-23-45(47)46-24-8-12-30-52(46)62-55/h1-36H/i1D,2D,3D,4D,5D,6D,17D,18D,19D,20D. The van der Waals surface area contributed by atoms with Gasteiger partial charge in [-0.2, -0.15) is 0 Å². The summed E-state index contributed by atoms with van der Waals surface area (Å²) in [4.78, 5) is 9.00. The van der Waals surface area contributed by atoms with Crippen molar-refractivity contribution in [1.82, 2.24) is 9.55 Å². The van der Waals surface area contributed by atoms with Gasteiger partial charge in [-0.3, -0.25) is 9.13 Å². The van der Waals surface area contributed by atoms with E-state index in [0.29, 0.717) is 34.0 Å². The molecule has 0 atom stereocenters. The maximum atomic E-state index is 9.02. The highest BCUT2D eigenvalue weighted by Crippen LogP contribution is 2.52. The number of hydrogen-bond acceptors (Lipinski definition) is 5. The van der Waals surface area contributed by atoms with Crippen molar-refractivity contribution in [3.05, 3.63) is 225 Å². The molecule has 0 N–H and O–H groups in total. The van der Waals surface area contributed by atoms with E-state index in [2.05, 4.69) is 34.1 Å². The lowest BCUT2D eigenvalue weighted by atomic mass is 9.94. The smallest absolute Gasteiger partial charge is 0.522 e. The molecule has 0 bridgehead atoms. The van der Waals surface area contributed by atoms with Crippen LogP contribution in [0.15, 0.2) is 218 Å². The molecule has 0 spiro atoms. The Kier molecular flexibility index (Phi) is 6.34.